The van der Waals surface area contributed by atoms with Crippen LogP contribution in [0.25, 0.3) is 11.0 Å². The molecular formula is C16H17Br2NO2. The van der Waals surface area contributed by atoms with Crippen LogP contribution < -0.4 is 0 Å². The van der Waals surface area contributed by atoms with Crippen molar-refractivity contribution >= 4 is 48.7 Å². The van der Waals surface area contributed by atoms with Gasteiger partial charge < -0.3 is 9.32 Å². The lowest BCUT2D eigenvalue weighted by atomic mass is 9.92. The van der Waals surface area contributed by atoms with E-state index < -0.39 is 0 Å². The number of carbonyl (C=O) groups is 1. The first kappa shape index (κ1) is 15.1. The predicted octanol–water partition coefficient (Wildman–Crippen LogP) is 5.08. The molecule has 2 heterocycles. The monoisotopic (exact) mass is 413 g/mol. The van der Waals surface area contributed by atoms with Crippen molar-refractivity contribution in [2.24, 2.45) is 11.8 Å². The van der Waals surface area contributed by atoms with Crippen molar-refractivity contribution < 1.29 is 9.21 Å². The third-order valence-electron chi connectivity index (χ3n) is 3.90. The summed E-state index contributed by atoms with van der Waals surface area (Å²) in [7, 11) is 0. The molecular weight excluding hydrogens is 398 g/mol. The summed E-state index contributed by atoms with van der Waals surface area (Å²) in [5.41, 5.74) is 0.722. The second kappa shape index (κ2) is 5.76. The van der Waals surface area contributed by atoms with E-state index in [9.17, 15) is 4.79 Å². The highest BCUT2D eigenvalue weighted by Crippen LogP contribution is 2.32. The van der Waals surface area contributed by atoms with Crippen LogP contribution in [0.4, 0.5) is 0 Å². The zero-order chi connectivity index (χ0) is 15.1. The molecule has 1 aliphatic heterocycles. The number of furan rings is 1. The Morgan fingerprint density at radius 3 is 2.52 bits per heavy atom. The summed E-state index contributed by atoms with van der Waals surface area (Å²) < 4.78 is 7.59. The Hall–Kier alpha value is -0.810. The van der Waals surface area contributed by atoms with Crippen LogP contribution in [0, 0.1) is 11.8 Å². The number of halogens is 2. The van der Waals surface area contributed by atoms with Gasteiger partial charge in [-0.3, -0.25) is 4.79 Å². The van der Waals surface area contributed by atoms with Gasteiger partial charge in [0.2, 0.25) is 0 Å². The van der Waals surface area contributed by atoms with E-state index in [1.807, 2.05) is 23.1 Å². The molecule has 1 aromatic heterocycles. The van der Waals surface area contributed by atoms with Gasteiger partial charge in [0.05, 0.1) is 4.47 Å². The molecule has 0 spiro atoms. The number of fused-ring (bicyclic) bond motifs is 1. The summed E-state index contributed by atoms with van der Waals surface area (Å²) in [5.74, 6) is 1.50. The van der Waals surface area contributed by atoms with Gasteiger partial charge >= 0.3 is 0 Å². The molecule has 1 aromatic carbocycles. The van der Waals surface area contributed by atoms with Crippen molar-refractivity contribution in [2.45, 2.75) is 20.3 Å². The molecule has 1 aliphatic rings. The highest BCUT2D eigenvalue weighted by Gasteiger charge is 2.28. The van der Waals surface area contributed by atoms with Crippen LogP contribution in [0.1, 0.15) is 30.8 Å². The van der Waals surface area contributed by atoms with Gasteiger partial charge in [-0.25, -0.2) is 0 Å². The maximum atomic E-state index is 12.7. The normalized spacial score (nSPS) is 22.8. The standard InChI is InChI=1S/C16H17Br2NO2/c1-9-3-10(2)8-19(7-9)16(20)14-5-11-4-12(17)6-13(18)15(11)21-14/h4-6,9-10H,3,7-8H2,1-2H3/t9-,10-/m1/s1. The third kappa shape index (κ3) is 3.04. The molecule has 0 bridgehead atoms. The smallest absolute Gasteiger partial charge is 0.289 e. The molecule has 1 fully saturated rings. The van der Waals surface area contributed by atoms with Crippen LogP contribution in [0.5, 0.6) is 0 Å². The largest absolute Gasteiger partial charge is 0.450 e. The van der Waals surface area contributed by atoms with Gasteiger partial charge in [0, 0.05) is 22.9 Å². The Morgan fingerprint density at radius 1 is 1.19 bits per heavy atom. The van der Waals surface area contributed by atoms with Gasteiger partial charge in [0.25, 0.3) is 5.91 Å². The molecule has 2 atom stereocenters. The second-order valence-electron chi connectivity index (χ2n) is 6.07. The van der Waals surface area contributed by atoms with E-state index in [0.717, 1.165) is 33.0 Å². The average Bonchev–Trinajstić information content (AvgIpc) is 2.80. The van der Waals surface area contributed by atoms with E-state index in [1.165, 1.54) is 6.42 Å². The Bertz CT molecular complexity index is 685. The SMILES string of the molecule is C[C@@H]1C[C@@H](C)CN(C(=O)c2cc3cc(Br)cc(Br)c3o2)C1. The lowest BCUT2D eigenvalue weighted by Crippen LogP contribution is -2.42. The summed E-state index contributed by atoms with van der Waals surface area (Å²) in [6, 6.07) is 5.71. The zero-order valence-corrected chi connectivity index (χ0v) is 15.2. The Labute approximate surface area is 140 Å². The fourth-order valence-electron chi connectivity index (χ4n) is 3.17. The molecule has 1 amide bonds. The minimum atomic E-state index is -0.00683. The molecule has 21 heavy (non-hydrogen) atoms. The van der Waals surface area contributed by atoms with E-state index in [1.54, 1.807) is 0 Å². The fourth-order valence-corrected chi connectivity index (χ4v) is 4.51. The Kier molecular flexibility index (Phi) is 4.14. The van der Waals surface area contributed by atoms with E-state index in [2.05, 4.69) is 45.7 Å². The van der Waals surface area contributed by atoms with E-state index >= 15 is 0 Å². The van der Waals surface area contributed by atoms with Crippen molar-refractivity contribution in [2.75, 3.05) is 13.1 Å². The van der Waals surface area contributed by atoms with Crippen LogP contribution in [-0.4, -0.2) is 23.9 Å². The Balaban J connectivity index is 1.93. The maximum Gasteiger partial charge on any atom is 0.289 e. The number of hydrogen-bond acceptors (Lipinski definition) is 2. The molecule has 3 nitrogen and oxygen atoms in total. The van der Waals surface area contributed by atoms with Crippen molar-refractivity contribution in [3.8, 4) is 0 Å². The highest BCUT2D eigenvalue weighted by atomic mass is 79.9. The number of likely N-dealkylation sites (tertiary alicyclic amines) is 1. The summed E-state index contributed by atoms with van der Waals surface area (Å²) in [4.78, 5) is 14.6. The number of carbonyl (C=O) groups excluding carboxylic acids is 1. The summed E-state index contributed by atoms with van der Waals surface area (Å²) >= 11 is 6.93. The molecule has 0 saturated carbocycles. The minimum Gasteiger partial charge on any atom is -0.450 e. The zero-order valence-electron chi connectivity index (χ0n) is 12.0. The van der Waals surface area contributed by atoms with Crippen LogP contribution in [0.3, 0.4) is 0 Å². The lowest BCUT2D eigenvalue weighted by Gasteiger charge is -2.34. The topological polar surface area (TPSA) is 33.5 Å². The molecule has 5 heteroatoms. The van der Waals surface area contributed by atoms with Gasteiger partial charge in [-0.15, -0.1) is 0 Å². The fraction of sp³-hybridized carbons (Fsp3) is 0.438. The number of benzene rings is 1. The van der Waals surface area contributed by atoms with Crippen LogP contribution in [0.15, 0.2) is 31.6 Å². The summed E-state index contributed by atoms with van der Waals surface area (Å²) in [6.07, 6.45) is 1.18. The first-order chi connectivity index (χ1) is 9.94. The molecule has 0 N–H and O–H groups in total. The number of hydrogen-bond donors (Lipinski definition) is 0. The quantitative estimate of drug-likeness (QED) is 0.652. The van der Waals surface area contributed by atoms with E-state index in [0.29, 0.717) is 17.6 Å². The van der Waals surface area contributed by atoms with E-state index in [-0.39, 0.29) is 5.91 Å². The molecule has 1 saturated heterocycles. The van der Waals surface area contributed by atoms with Gasteiger partial charge in [0.15, 0.2) is 5.76 Å². The summed E-state index contributed by atoms with van der Waals surface area (Å²) in [5, 5.41) is 0.928. The van der Waals surface area contributed by atoms with Crippen LogP contribution in [-0.2, 0) is 0 Å². The minimum absolute atomic E-state index is 0.00683. The number of piperidine rings is 1. The van der Waals surface area contributed by atoms with Crippen LogP contribution >= 0.6 is 31.9 Å². The first-order valence-corrected chi connectivity index (χ1v) is 8.70. The lowest BCUT2D eigenvalue weighted by molar-refractivity contribution is 0.0594. The number of rotatable bonds is 1. The van der Waals surface area contributed by atoms with Crippen molar-refractivity contribution in [3.63, 3.8) is 0 Å². The number of nitrogens with zero attached hydrogens (tertiary/aromatic N) is 1. The molecule has 0 radical (unpaired) electrons. The highest BCUT2D eigenvalue weighted by molar-refractivity contribution is 9.11. The molecule has 3 rings (SSSR count). The van der Waals surface area contributed by atoms with Gasteiger partial charge in [-0.1, -0.05) is 29.8 Å². The van der Waals surface area contributed by atoms with Crippen molar-refractivity contribution in [1.82, 2.24) is 4.90 Å². The first-order valence-electron chi connectivity index (χ1n) is 7.12. The van der Waals surface area contributed by atoms with Gasteiger partial charge in [-0.05, 0) is 52.4 Å². The second-order valence-corrected chi connectivity index (χ2v) is 7.84. The molecule has 2 aromatic rings. The maximum absolute atomic E-state index is 12.7. The Morgan fingerprint density at radius 2 is 1.86 bits per heavy atom. The third-order valence-corrected chi connectivity index (χ3v) is 4.95. The molecule has 112 valence electrons. The summed E-state index contributed by atoms with van der Waals surface area (Å²) in [6.45, 7) is 6.01. The average molecular weight is 415 g/mol. The van der Waals surface area contributed by atoms with Gasteiger partial charge in [0.1, 0.15) is 5.58 Å². The molecule has 0 unspecified atom stereocenters. The van der Waals surface area contributed by atoms with Crippen molar-refractivity contribution in [3.05, 3.63) is 32.9 Å². The van der Waals surface area contributed by atoms with Gasteiger partial charge in [-0.2, -0.15) is 0 Å². The van der Waals surface area contributed by atoms with Crippen LogP contribution in [0.2, 0.25) is 0 Å². The number of amides is 1. The predicted molar refractivity (Wildman–Crippen MR) is 90.5 cm³/mol. The van der Waals surface area contributed by atoms with Crippen molar-refractivity contribution in [1.29, 1.82) is 0 Å². The molecule has 0 aliphatic carbocycles. The van der Waals surface area contributed by atoms with E-state index in [4.69, 9.17) is 4.42 Å².